The van der Waals surface area contributed by atoms with Crippen molar-refractivity contribution in [3.8, 4) is 0 Å². The maximum absolute atomic E-state index is 13.9. The molecule has 0 heterocycles. The highest BCUT2D eigenvalue weighted by molar-refractivity contribution is 7.92. The summed E-state index contributed by atoms with van der Waals surface area (Å²) in [4.78, 5) is 28.3. The average Bonchev–Trinajstić information content (AvgIpc) is 2.91. The third kappa shape index (κ3) is 7.80. The van der Waals surface area contributed by atoms with Crippen LogP contribution in [-0.2, 0) is 26.2 Å². The Kier molecular flexibility index (Phi) is 10.5. The first kappa shape index (κ1) is 30.1. The summed E-state index contributed by atoms with van der Waals surface area (Å²) >= 11 is 5.98. The van der Waals surface area contributed by atoms with Crippen LogP contribution in [0.5, 0.6) is 0 Å². The fourth-order valence-electron chi connectivity index (χ4n) is 4.12. The molecule has 0 spiro atoms. The Morgan fingerprint density at radius 2 is 1.67 bits per heavy atom. The molecule has 0 saturated heterocycles. The summed E-state index contributed by atoms with van der Waals surface area (Å²) in [5.41, 5.74) is 1.72. The second-order valence-electron chi connectivity index (χ2n) is 9.17. The lowest BCUT2D eigenvalue weighted by Gasteiger charge is -2.33. The molecule has 0 radical (unpaired) electrons. The number of nitrogens with one attached hydrogen (secondary N) is 1. The molecule has 1 N–H and O–H groups in total. The van der Waals surface area contributed by atoms with Gasteiger partial charge in [0.2, 0.25) is 11.8 Å². The molecule has 2 amide bonds. The molecule has 0 bridgehead atoms. The molecular weight excluding hydrogens is 541 g/mol. The number of benzene rings is 3. The van der Waals surface area contributed by atoms with Crippen LogP contribution in [0.25, 0.3) is 0 Å². The van der Waals surface area contributed by atoms with E-state index < -0.39 is 34.3 Å². The Bertz CT molecular complexity index is 1380. The fraction of sp³-hybridized carbons (Fsp3) is 0.310. The summed E-state index contributed by atoms with van der Waals surface area (Å²) in [5.74, 6) is -1.33. The second kappa shape index (κ2) is 13.6. The molecule has 0 aliphatic carbocycles. The Morgan fingerprint density at radius 3 is 2.26 bits per heavy atom. The summed E-state index contributed by atoms with van der Waals surface area (Å²) < 4.78 is 42.2. The van der Waals surface area contributed by atoms with Gasteiger partial charge in [0.1, 0.15) is 18.4 Å². The number of hydrogen-bond donors (Lipinski definition) is 1. The van der Waals surface area contributed by atoms with Gasteiger partial charge in [-0.2, -0.15) is 0 Å². The van der Waals surface area contributed by atoms with Crippen molar-refractivity contribution in [2.45, 2.75) is 51.1 Å². The van der Waals surface area contributed by atoms with Crippen molar-refractivity contribution in [2.24, 2.45) is 0 Å². The zero-order valence-corrected chi connectivity index (χ0v) is 23.8. The number of rotatable bonds is 12. The fourth-order valence-corrected chi connectivity index (χ4v) is 5.65. The molecule has 10 heteroatoms. The van der Waals surface area contributed by atoms with E-state index in [-0.39, 0.29) is 17.3 Å². The number of carbonyl (C=O) groups excluding carboxylic acids is 2. The van der Waals surface area contributed by atoms with E-state index >= 15 is 0 Å². The highest BCUT2D eigenvalue weighted by Crippen LogP contribution is 2.26. The molecule has 208 valence electrons. The van der Waals surface area contributed by atoms with Gasteiger partial charge in [-0.15, -0.1) is 0 Å². The smallest absolute Gasteiger partial charge is 0.264 e. The molecule has 0 saturated carbocycles. The third-order valence-corrected chi connectivity index (χ3v) is 8.21. The van der Waals surface area contributed by atoms with Crippen LogP contribution in [0.4, 0.5) is 10.1 Å². The molecule has 0 aliphatic heterocycles. The minimum atomic E-state index is -4.18. The van der Waals surface area contributed by atoms with Crippen LogP contribution in [0.1, 0.15) is 37.8 Å². The number of nitrogens with zero attached hydrogens (tertiary/aromatic N) is 2. The SMILES string of the molecule is CCCNC(=O)[C@H](CC)N(Cc1ccc(F)cc1)C(=O)CN(c1cccc(C)c1)S(=O)(=O)c1ccc(Cl)cc1. The van der Waals surface area contributed by atoms with Crippen LogP contribution in [-0.4, -0.2) is 44.3 Å². The van der Waals surface area contributed by atoms with Crippen molar-refractivity contribution in [1.82, 2.24) is 10.2 Å². The highest BCUT2D eigenvalue weighted by Gasteiger charge is 2.33. The first-order valence-corrected chi connectivity index (χ1v) is 14.5. The molecule has 0 aromatic heterocycles. The molecule has 0 unspecified atom stereocenters. The third-order valence-electron chi connectivity index (χ3n) is 6.17. The summed E-state index contributed by atoms with van der Waals surface area (Å²) in [5, 5.41) is 3.21. The number of amides is 2. The Hall–Kier alpha value is -3.43. The molecule has 3 aromatic carbocycles. The van der Waals surface area contributed by atoms with E-state index in [2.05, 4.69) is 5.32 Å². The van der Waals surface area contributed by atoms with E-state index in [0.717, 1.165) is 9.87 Å². The quantitative estimate of drug-likeness (QED) is 0.318. The molecule has 1 atom stereocenters. The van der Waals surface area contributed by atoms with Crippen molar-refractivity contribution >= 4 is 39.1 Å². The minimum absolute atomic E-state index is 0.000184. The first-order valence-electron chi connectivity index (χ1n) is 12.7. The van der Waals surface area contributed by atoms with Gasteiger partial charge in [0.05, 0.1) is 10.6 Å². The molecule has 0 fully saturated rings. The number of sulfonamides is 1. The standard InChI is InChI=1S/C29H33ClFN3O4S/c1-4-17-32-29(36)27(5-2)33(19-22-9-13-24(31)14-10-22)28(35)20-34(25-8-6-7-21(3)18-25)39(37,38)26-15-11-23(30)12-16-26/h6-16,18,27H,4-5,17,19-20H2,1-3H3,(H,32,36)/t27-/m0/s1. The number of carbonyl (C=O) groups is 2. The van der Waals surface area contributed by atoms with Crippen molar-refractivity contribution in [2.75, 3.05) is 17.4 Å². The first-order chi connectivity index (χ1) is 18.6. The van der Waals surface area contributed by atoms with E-state index in [4.69, 9.17) is 11.6 Å². The average molecular weight is 574 g/mol. The van der Waals surface area contributed by atoms with Gasteiger partial charge in [-0.05, 0) is 79.4 Å². The van der Waals surface area contributed by atoms with Gasteiger partial charge >= 0.3 is 0 Å². The zero-order valence-electron chi connectivity index (χ0n) is 22.2. The predicted molar refractivity (Wildman–Crippen MR) is 151 cm³/mol. The second-order valence-corrected chi connectivity index (χ2v) is 11.5. The van der Waals surface area contributed by atoms with E-state index in [9.17, 15) is 22.4 Å². The normalized spacial score (nSPS) is 12.0. The van der Waals surface area contributed by atoms with Gasteiger partial charge in [0, 0.05) is 18.1 Å². The Labute approximate surface area is 234 Å². The summed E-state index contributed by atoms with van der Waals surface area (Å²) in [6.45, 7) is 5.42. The predicted octanol–water partition coefficient (Wildman–Crippen LogP) is 5.32. The van der Waals surface area contributed by atoms with E-state index in [1.807, 2.05) is 19.9 Å². The van der Waals surface area contributed by atoms with Crippen molar-refractivity contribution in [3.05, 3.63) is 94.8 Å². The van der Waals surface area contributed by atoms with E-state index in [0.29, 0.717) is 35.7 Å². The maximum Gasteiger partial charge on any atom is 0.264 e. The van der Waals surface area contributed by atoms with Crippen LogP contribution in [0, 0.1) is 12.7 Å². The molecule has 7 nitrogen and oxygen atoms in total. The largest absolute Gasteiger partial charge is 0.354 e. The van der Waals surface area contributed by atoms with Crippen molar-refractivity contribution < 1.29 is 22.4 Å². The van der Waals surface area contributed by atoms with Crippen LogP contribution >= 0.6 is 11.6 Å². The molecule has 39 heavy (non-hydrogen) atoms. The highest BCUT2D eigenvalue weighted by atomic mass is 35.5. The summed E-state index contributed by atoms with van der Waals surface area (Å²) in [6, 6.07) is 17.3. The Morgan fingerprint density at radius 1 is 1.00 bits per heavy atom. The van der Waals surface area contributed by atoms with Gasteiger partial charge in [0.25, 0.3) is 10.0 Å². The summed E-state index contributed by atoms with van der Waals surface area (Å²) in [7, 11) is -4.18. The van der Waals surface area contributed by atoms with Gasteiger partial charge in [-0.1, -0.05) is 49.7 Å². The topological polar surface area (TPSA) is 86.8 Å². The number of halogens is 2. The zero-order chi connectivity index (χ0) is 28.6. The Balaban J connectivity index is 2.04. The lowest BCUT2D eigenvalue weighted by molar-refractivity contribution is -0.140. The van der Waals surface area contributed by atoms with Crippen LogP contribution in [0.2, 0.25) is 5.02 Å². The minimum Gasteiger partial charge on any atom is -0.354 e. The van der Waals surface area contributed by atoms with Crippen LogP contribution < -0.4 is 9.62 Å². The van der Waals surface area contributed by atoms with E-state index in [1.165, 1.54) is 53.4 Å². The maximum atomic E-state index is 13.9. The van der Waals surface area contributed by atoms with Gasteiger partial charge in [0.15, 0.2) is 0 Å². The molecule has 0 aliphatic rings. The van der Waals surface area contributed by atoms with Crippen LogP contribution in [0.3, 0.4) is 0 Å². The number of anilines is 1. The molecular formula is C29H33ClFN3O4S. The molecule has 3 aromatic rings. The van der Waals surface area contributed by atoms with Gasteiger partial charge in [-0.25, -0.2) is 12.8 Å². The van der Waals surface area contributed by atoms with Crippen LogP contribution in [0.15, 0.2) is 77.7 Å². The monoisotopic (exact) mass is 573 g/mol. The number of aryl methyl sites for hydroxylation is 1. The van der Waals surface area contributed by atoms with E-state index in [1.54, 1.807) is 25.1 Å². The summed E-state index contributed by atoms with van der Waals surface area (Å²) in [6.07, 6.45) is 1.02. The molecule has 3 rings (SSSR count). The van der Waals surface area contributed by atoms with Gasteiger partial charge in [-0.3, -0.25) is 13.9 Å². The van der Waals surface area contributed by atoms with Gasteiger partial charge < -0.3 is 10.2 Å². The lowest BCUT2D eigenvalue weighted by Crippen LogP contribution is -2.52. The van der Waals surface area contributed by atoms with Crippen molar-refractivity contribution in [1.29, 1.82) is 0 Å². The lowest BCUT2D eigenvalue weighted by atomic mass is 10.1. The number of hydrogen-bond acceptors (Lipinski definition) is 4. The van der Waals surface area contributed by atoms with Crippen molar-refractivity contribution in [3.63, 3.8) is 0 Å².